The third-order valence-electron chi connectivity index (χ3n) is 3.39. The molecule has 0 spiro atoms. The molecular formula is C15H18N6O3S. The lowest BCUT2D eigenvalue weighted by atomic mass is 10.2. The fourth-order valence-electron chi connectivity index (χ4n) is 2.11. The fourth-order valence-corrected chi connectivity index (χ4v) is 2.80. The van der Waals surface area contributed by atoms with Gasteiger partial charge in [0, 0.05) is 6.07 Å². The van der Waals surface area contributed by atoms with Gasteiger partial charge in [-0.25, -0.2) is 0 Å². The summed E-state index contributed by atoms with van der Waals surface area (Å²) in [5, 5.41) is 19.6. The monoisotopic (exact) mass is 362 g/mol. The Kier molecular flexibility index (Phi) is 6.08. The van der Waals surface area contributed by atoms with Crippen molar-refractivity contribution in [1.82, 2.24) is 14.8 Å². The van der Waals surface area contributed by atoms with Crippen molar-refractivity contribution in [2.45, 2.75) is 18.1 Å². The molecule has 0 aliphatic rings. The van der Waals surface area contributed by atoms with Crippen LogP contribution in [0.2, 0.25) is 0 Å². The van der Waals surface area contributed by atoms with Gasteiger partial charge < -0.3 is 20.5 Å². The number of carbonyl (C=O) groups is 1. The van der Waals surface area contributed by atoms with E-state index in [4.69, 9.17) is 20.5 Å². The smallest absolute Gasteiger partial charge is 0.247 e. The van der Waals surface area contributed by atoms with Crippen LogP contribution in [-0.4, -0.2) is 40.6 Å². The Morgan fingerprint density at radius 3 is 2.84 bits per heavy atom. The summed E-state index contributed by atoms with van der Waals surface area (Å²) in [5.74, 6) is 1.02. The summed E-state index contributed by atoms with van der Waals surface area (Å²) in [6.07, 6.45) is 0. The molecule has 0 saturated carbocycles. The maximum atomic E-state index is 12.6. The Balaban J connectivity index is 2.24. The van der Waals surface area contributed by atoms with Crippen LogP contribution in [0.4, 0.5) is 11.6 Å². The molecule has 0 fully saturated rings. The highest BCUT2D eigenvalue weighted by Gasteiger charge is 2.23. The van der Waals surface area contributed by atoms with Gasteiger partial charge in [0.2, 0.25) is 11.9 Å². The van der Waals surface area contributed by atoms with E-state index < -0.39 is 6.04 Å². The predicted molar refractivity (Wildman–Crippen MR) is 93.7 cm³/mol. The summed E-state index contributed by atoms with van der Waals surface area (Å²) in [4.78, 5) is 12.6. The van der Waals surface area contributed by atoms with E-state index >= 15 is 0 Å². The number of hydrogen-bond acceptors (Lipinski definition) is 8. The average molecular weight is 362 g/mol. The number of anilines is 2. The van der Waals surface area contributed by atoms with Gasteiger partial charge in [-0.05, 0) is 19.1 Å². The molecule has 1 aromatic heterocycles. The predicted octanol–water partition coefficient (Wildman–Crippen LogP) is 1.69. The number of amides is 1. The lowest BCUT2D eigenvalue weighted by molar-refractivity contribution is -0.118. The summed E-state index contributed by atoms with van der Waals surface area (Å²) in [6, 6.07) is 6.39. The van der Waals surface area contributed by atoms with Gasteiger partial charge in [0.05, 0.1) is 31.7 Å². The number of ether oxygens (including phenoxy) is 2. The second kappa shape index (κ2) is 8.25. The minimum absolute atomic E-state index is 0.0979. The van der Waals surface area contributed by atoms with Gasteiger partial charge in [-0.15, -0.1) is 10.2 Å². The van der Waals surface area contributed by atoms with Crippen molar-refractivity contribution in [3.8, 4) is 17.6 Å². The third-order valence-corrected chi connectivity index (χ3v) is 4.20. The zero-order chi connectivity index (χ0) is 18.4. The van der Waals surface area contributed by atoms with Crippen LogP contribution < -0.4 is 20.5 Å². The summed E-state index contributed by atoms with van der Waals surface area (Å²) in [5.41, 5.74) is 6.28. The molecule has 1 unspecified atom stereocenters. The van der Waals surface area contributed by atoms with Gasteiger partial charge >= 0.3 is 0 Å². The molecule has 9 nitrogen and oxygen atoms in total. The summed E-state index contributed by atoms with van der Waals surface area (Å²) in [6.45, 7) is 1.66. The number of nitriles is 1. The van der Waals surface area contributed by atoms with Crippen molar-refractivity contribution in [3.63, 3.8) is 0 Å². The quantitative estimate of drug-likeness (QED) is 0.712. The highest BCUT2D eigenvalue weighted by molar-refractivity contribution is 7.99. The molecular weight excluding hydrogens is 344 g/mol. The Hall–Kier alpha value is -2.93. The first-order chi connectivity index (χ1) is 12.0. The van der Waals surface area contributed by atoms with Crippen LogP contribution in [0.25, 0.3) is 0 Å². The first-order valence-corrected chi connectivity index (χ1v) is 8.23. The molecule has 0 bridgehead atoms. The lowest BCUT2D eigenvalue weighted by Gasteiger charge is -2.17. The van der Waals surface area contributed by atoms with E-state index in [2.05, 4.69) is 15.5 Å². The SMILES string of the molecule is COc1ccc(OC)c(NC(=O)C(C)n2c(N)nnc2SCC#N)c1. The zero-order valence-electron chi connectivity index (χ0n) is 14.0. The average Bonchev–Trinajstić information content (AvgIpc) is 2.99. The molecule has 0 radical (unpaired) electrons. The Bertz CT molecular complexity index is 801. The Labute approximate surface area is 149 Å². The molecule has 0 aliphatic heterocycles. The van der Waals surface area contributed by atoms with Crippen LogP contribution in [0.5, 0.6) is 11.5 Å². The van der Waals surface area contributed by atoms with E-state index in [1.165, 1.54) is 18.8 Å². The van der Waals surface area contributed by atoms with Crippen LogP contribution in [0.15, 0.2) is 23.4 Å². The van der Waals surface area contributed by atoms with Crippen molar-refractivity contribution < 1.29 is 14.3 Å². The van der Waals surface area contributed by atoms with Crippen molar-refractivity contribution in [2.75, 3.05) is 31.0 Å². The number of nitrogens with zero attached hydrogens (tertiary/aromatic N) is 4. The zero-order valence-corrected chi connectivity index (χ0v) is 14.8. The molecule has 3 N–H and O–H groups in total. The summed E-state index contributed by atoms with van der Waals surface area (Å²) >= 11 is 1.16. The number of nitrogens with two attached hydrogens (primary N) is 1. The highest BCUT2D eigenvalue weighted by Crippen LogP contribution is 2.30. The van der Waals surface area contributed by atoms with Crippen molar-refractivity contribution >= 4 is 29.3 Å². The van der Waals surface area contributed by atoms with Crippen LogP contribution in [-0.2, 0) is 4.79 Å². The number of benzene rings is 1. The van der Waals surface area contributed by atoms with Gasteiger partial charge in [0.25, 0.3) is 0 Å². The first kappa shape index (κ1) is 18.4. The molecule has 1 aromatic carbocycles. The Morgan fingerprint density at radius 2 is 2.20 bits per heavy atom. The van der Waals surface area contributed by atoms with Crippen molar-refractivity contribution in [2.24, 2.45) is 0 Å². The van der Waals surface area contributed by atoms with Crippen LogP contribution >= 0.6 is 11.8 Å². The summed E-state index contributed by atoms with van der Waals surface area (Å²) in [7, 11) is 3.04. The normalized spacial score (nSPS) is 11.4. The van der Waals surface area contributed by atoms with E-state index in [1.807, 2.05) is 6.07 Å². The maximum Gasteiger partial charge on any atom is 0.247 e. The second-order valence-corrected chi connectivity index (χ2v) is 5.83. The molecule has 2 aromatic rings. The molecule has 1 atom stereocenters. The van der Waals surface area contributed by atoms with E-state index in [1.54, 1.807) is 25.1 Å². The third kappa shape index (κ3) is 4.13. The Morgan fingerprint density at radius 1 is 1.44 bits per heavy atom. The lowest BCUT2D eigenvalue weighted by Crippen LogP contribution is -2.25. The fraction of sp³-hybridized carbons (Fsp3) is 0.333. The number of nitrogen functional groups attached to an aromatic ring is 1. The van der Waals surface area contributed by atoms with Gasteiger partial charge in [0.15, 0.2) is 5.16 Å². The maximum absolute atomic E-state index is 12.6. The van der Waals surface area contributed by atoms with Crippen LogP contribution in [0.1, 0.15) is 13.0 Å². The molecule has 132 valence electrons. The van der Waals surface area contributed by atoms with Crippen LogP contribution in [0, 0.1) is 11.3 Å². The molecule has 2 rings (SSSR count). The van der Waals surface area contributed by atoms with Gasteiger partial charge in [-0.1, -0.05) is 11.8 Å². The molecule has 1 heterocycles. The number of thioether (sulfide) groups is 1. The number of nitrogens with one attached hydrogen (secondary N) is 1. The van der Waals surface area contributed by atoms with E-state index in [9.17, 15) is 4.79 Å². The van der Waals surface area contributed by atoms with Crippen molar-refractivity contribution in [1.29, 1.82) is 5.26 Å². The first-order valence-electron chi connectivity index (χ1n) is 7.24. The van der Waals surface area contributed by atoms with Crippen LogP contribution in [0.3, 0.4) is 0 Å². The highest BCUT2D eigenvalue weighted by atomic mass is 32.2. The molecule has 1 amide bonds. The second-order valence-electron chi connectivity index (χ2n) is 4.89. The standard InChI is InChI=1S/C15H18N6O3S/c1-9(21-14(17)19-20-15(21)25-7-6-16)13(22)18-11-8-10(23-2)4-5-12(11)24-3/h4-5,8-9H,7H2,1-3H3,(H2,17,19)(H,18,22). The summed E-state index contributed by atoms with van der Waals surface area (Å²) < 4.78 is 11.9. The van der Waals surface area contributed by atoms with Gasteiger partial charge in [0.1, 0.15) is 17.5 Å². The molecule has 0 aliphatic carbocycles. The number of methoxy groups -OCH3 is 2. The largest absolute Gasteiger partial charge is 0.497 e. The minimum Gasteiger partial charge on any atom is -0.497 e. The number of aromatic nitrogens is 3. The number of hydrogen-bond donors (Lipinski definition) is 2. The van der Waals surface area contributed by atoms with Gasteiger partial charge in [-0.3, -0.25) is 9.36 Å². The number of carbonyl (C=O) groups excluding carboxylic acids is 1. The topological polar surface area (TPSA) is 128 Å². The minimum atomic E-state index is -0.688. The van der Waals surface area contributed by atoms with Crippen molar-refractivity contribution in [3.05, 3.63) is 18.2 Å². The molecule has 10 heteroatoms. The van der Waals surface area contributed by atoms with E-state index in [-0.39, 0.29) is 17.6 Å². The molecule has 0 saturated heterocycles. The van der Waals surface area contributed by atoms with E-state index in [0.717, 1.165) is 11.8 Å². The van der Waals surface area contributed by atoms with E-state index in [0.29, 0.717) is 22.3 Å². The van der Waals surface area contributed by atoms with Gasteiger partial charge in [-0.2, -0.15) is 5.26 Å². The number of rotatable bonds is 7. The molecule has 25 heavy (non-hydrogen) atoms.